The zero-order chi connectivity index (χ0) is 18.2. The summed E-state index contributed by atoms with van der Waals surface area (Å²) in [6.07, 6.45) is 2.45. The lowest BCUT2D eigenvalue weighted by Gasteiger charge is -2.20. The van der Waals surface area contributed by atoms with Crippen LogP contribution in [0.1, 0.15) is 11.1 Å². The van der Waals surface area contributed by atoms with Crippen LogP contribution in [-0.2, 0) is 11.3 Å². The summed E-state index contributed by atoms with van der Waals surface area (Å²) in [4.78, 5) is 24.0. The molecular weight excluding hydrogens is 327 g/mol. The molecule has 0 aliphatic rings. The van der Waals surface area contributed by atoms with E-state index in [-0.39, 0.29) is 18.7 Å². The molecule has 0 aromatic heterocycles. The highest BCUT2D eigenvalue weighted by Crippen LogP contribution is 2.21. The third kappa shape index (κ3) is 5.22. The minimum Gasteiger partial charge on any atom is -0.395 e. The minimum absolute atomic E-state index is 0.128. The third-order valence-corrected chi connectivity index (χ3v) is 3.49. The number of benzene rings is 2. The SMILES string of the molecule is O=C(/C=C/c1ccc(F)cc1[N+](=O)[O-])N(CCO)Cc1ccccc1. The number of aliphatic hydroxyl groups is 1. The Morgan fingerprint density at radius 3 is 2.60 bits per heavy atom. The van der Waals surface area contributed by atoms with Gasteiger partial charge in [-0.05, 0) is 23.8 Å². The van der Waals surface area contributed by atoms with Crippen molar-refractivity contribution >= 4 is 17.7 Å². The van der Waals surface area contributed by atoms with Gasteiger partial charge in [-0.1, -0.05) is 30.3 Å². The predicted octanol–water partition coefficient (Wildman–Crippen LogP) is 2.77. The van der Waals surface area contributed by atoms with Crippen LogP contribution in [0.2, 0.25) is 0 Å². The smallest absolute Gasteiger partial charge is 0.279 e. The van der Waals surface area contributed by atoms with Crippen molar-refractivity contribution in [2.24, 2.45) is 0 Å². The second kappa shape index (κ2) is 8.70. The zero-order valence-corrected chi connectivity index (χ0v) is 13.3. The van der Waals surface area contributed by atoms with Crippen molar-refractivity contribution in [3.8, 4) is 0 Å². The van der Waals surface area contributed by atoms with E-state index >= 15 is 0 Å². The highest BCUT2D eigenvalue weighted by Gasteiger charge is 2.14. The van der Waals surface area contributed by atoms with Gasteiger partial charge in [-0.2, -0.15) is 0 Å². The Kier molecular flexibility index (Phi) is 6.36. The van der Waals surface area contributed by atoms with Gasteiger partial charge in [0, 0.05) is 19.2 Å². The van der Waals surface area contributed by atoms with Gasteiger partial charge in [0.15, 0.2) is 0 Å². The number of rotatable bonds is 7. The number of hydrogen-bond acceptors (Lipinski definition) is 4. The van der Waals surface area contributed by atoms with E-state index in [2.05, 4.69) is 0 Å². The summed E-state index contributed by atoms with van der Waals surface area (Å²) in [6.45, 7) is 0.225. The van der Waals surface area contributed by atoms with E-state index in [1.54, 1.807) is 0 Å². The second-order valence-electron chi connectivity index (χ2n) is 5.26. The fraction of sp³-hybridized carbons (Fsp3) is 0.167. The van der Waals surface area contributed by atoms with Crippen molar-refractivity contribution in [2.45, 2.75) is 6.54 Å². The molecule has 130 valence electrons. The largest absolute Gasteiger partial charge is 0.395 e. The molecule has 0 aliphatic heterocycles. The summed E-state index contributed by atoms with van der Waals surface area (Å²) >= 11 is 0. The average Bonchev–Trinajstić information content (AvgIpc) is 2.60. The summed E-state index contributed by atoms with van der Waals surface area (Å²) in [5, 5.41) is 20.1. The number of aliphatic hydroxyl groups excluding tert-OH is 1. The van der Waals surface area contributed by atoms with Crippen molar-refractivity contribution in [2.75, 3.05) is 13.2 Å². The average molecular weight is 344 g/mol. The van der Waals surface area contributed by atoms with Crippen molar-refractivity contribution in [1.29, 1.82) is 0 Å². The Bertz CT molecular complexity index is 778. The highest BCUT2D eigenvalue weighted by atomic mass is 19.1. The van der Waals surface area contributed by atoms with Gasteiger partial charge in [-0.15, -0.1) is 0 Å². The molecule has 0 saturated carbocycles. The molecule has 2 aromatic carbocycles. The molecule has 1 amide bonds. The Morgan fingerprint density at radius 1 is 1.24 bits per heavy atom. The quantitative estimate of drug-likeness (QED) is 0.475. The van der Waals surface area contributed by atoms with Crippen LogP contribution in [-0.4, -0.2) is 34.0 Å². The molecule has 2 rings (SSSR count). The molecule has 0 heterocycles. The third-order valence-electron chi connectivity index (χ3n) is 3.49. The van der Waals surface area contributed by atoms with Crippen LogP contribution in [0.15, 0.2) is 54.6 Å². The summed E-state index contributed by atoms with van der Waals surface area (Å²) < 4.78 is 13.1. The summed E-state index contributed by atoms with van der Waals surface area (Å²) in [6, 6.07) is 12.4. The molecular formula is C18H17FN2O4. The molecule has 2 aromatic rings. The van der Waals surface area contributed by atoms with Crippen LogP contribution in [0.3, 0.4) is 0 Å². The Hall–Kier alpha value is -3.06. The summed E-state index contributed by atoms with van der Waals surface area (Å²) in [5.74, 6) is -1.13. The first kappa shape index (κ1) is 18.3. The van der Waals surface area contributed by atoms with Gasteiger partial charge in [0.25, 0.3) is 5.69 Å². The van der Waals surface area contributed by atoms with Gasteiger partial charge >= 0.3 is 0 Å². The van der Waals surface area contributed by atoms with Gasteiger partial charge < -0.3 is 10.0 Å². The highest BCUT2D eigenvalue weighted by molar-refractivity contribution is 5.92. The molecule has 0 spiro atoms. The number of carbonyl (C=O) groups excluding carboxylic acids is 1. The number of nitro groups is 1. The lowest BCUT2D eigenvalue weighted by molar-refractivity contribution is -0.385. The van der Waals surface area contributed by atoms with Crippen LogP contribution >= 0.6 is 0 Å². The van der Waals surface area contributed by atoms with Crippen molar-refractivity contribution in [1.82, 2.24) is 4.90 Å². The molecule has 25 heavy (non-hydrogen) atoms. The molecule has 0 unspecified atom stereocenters. The first-order valence-corrected chi connectivity index (χ1v) is 7.57. The fourth-order valence-corrected chi connectivity index (χ4v) is 2.27. The number of carbonyl (C=O) groups is 1. The predicted molar refractivity (Wildman–Crippen MR) is 91.0 cm³/mol. The van der Waals surface area contributed by atoms with E-state index in [0.717, 1.165) is 17.7 Å². The Balaban J connectivity index is 2.18. The molecule has 0 aliphatic carbocycles. The van der Waals surface area contributed by atoms with Gasteiger partial charge in [-0.3, -0.25) is 14.9 Å². The maximum atomic E-state index is 13.1. The van der Waals surface area contributed by atoms with Crippen LogP contribution < -0.4 is 0 Å². The maximum absolute atomic E-state index is 13.1. The van der Waals surface area contributed by atoms with E-state index in [0.29, 0.717) is 6.54 Å². The lowest BCUT2D eigenvalue weighted by atomic mass is 10.1. The van der Waals surface area contributed by atoms with Gasteiger partial charge in [-0.25, -0.2) is 4.39 Å². The van der Waals surface area contributed by atoms with E-state index in [1.165, 1.54) is 23.1 Å². The number of nitro benzene ring substituents is 1. The first-order valence-electron chi connectivity index (χ1n) is 7.57. The Morgan fingerprint density at radius 2 is 1.96 bits per heavy atom. The molecule has 0 bridgehead atoms. The summed E-state index contributed by atoms with van der Waals surface area (Å²) in [5.41, 5.74) is 0.606. The van der Waals surface area contributed by atoms with E-state index in [4.69, 9.17) is 5.11 Å². The lowest BCUT2D eigenvalue weighted by Crippen LogP contribution is -2.31. The number of halogens is 1. The fourth-order valence-electron chi connectivity index (χ4n) is 2.27. The van der Waals surface area contributed by atoms with Crippen molar-refractivity contribution in [3.05, 3.63) is 81.7 Å². The van der Waals surface area contributed by atoms with Gasteiger partial charge in [0.05, 0.1) is 23.2 Å². The van der Waals surface area contributed by atoms with E-state index < -0.39 is 22.3 Å². The second-order valence-corrected chi connectivity index (χ2v) is 5.26. The number of amides is 1. The van der Waals surface area contributed by atoms with Crippen LogP contribution in [0.5, 0.6) is 0 Å². The molecule has 0 radical (unpaired) electrons. The molecule has 0 saturated heterocycles. The summed E-state index contributed by atoms with van der Waals surface area (Å²) in [7, 11) is 0. The van der Waals surface area contributed by atoms with Crippen molar-refractivity contribution in [3.63, 3.8) is 0 Å². The monoisotopic (exact) mass is 344 g/mol. The standard InChI is InChI=1S/C18H17FN2O4/c19-16-8-6-15(17(12-16)21(24)25)7-9-18(23)20(10-11-22)13-14-4-2-1-3-5-14/h1-9,12,22H,10-11,13H2/b9-7+. The van der Waals surface area contributed by atoms with E-state index in [1.807, 2.05) is 30.3 Å². The number of hydrogen-bond donors (Lipinski definition) is 1. The zero-order valence-electron chi connectivity index (χ0n) is 13.3. The maximum Gasteiger partial charge on any atom is 0.279 e. The van der Waals surface area contributed by atoms with Crippen molar-refractivity contribution < 1.29 is 19.2 Å². The minimum atomic E-state index is -0.721. The van der Waals surface area contributed by atoms with E-state index in [9.17, 15) is 19.3 Å². The Labute approximate surface area is 144 Å². The van der Waals surface area contributed by atoms with Gasteiger partial charge in [0.1, 0.15) is 5.82 Å². The van der Waals surface area contributed by atoms with Crippen LogP contribution in [0.4, 0.5) is 10.1 Å². The normalized spacial score (nSPS) is 10.8. The number of nitrogens with zero attached hydrogens (tertiary/aromatic N) is 2. The molecule has 0 atom stereocenters. The first-order chi connectivity index (χ1) is 12.0. The molecule has 0 fully saturated rings. The van der Waals surface area contributed by atoms with Gasteiger partial charge in [0.2, 0.25) is 5.91 Å². The molecule has 7 heteroatoms. The van der Waals surface area contributed by atoms with Crippen LogP contribution in [0.25, 0.3) is 6.08 Å². The molecule has 1 N–H and O–H groups in total. The molecule has 6 nitrogen and oxygen atoms in total. The van der Waals surface area contributed by atoms with Crippen LogP contribution in [0, 0.1) is 15.9 Å². The topological polar surface area (TPSA) is 83.7 Å².